The van der Waals surface area contributed by atoms with Crippen molar-refractivity contribution in [2.75, 3.05) is 5.32 Å². The van der Waals surface area contributed by atoms with Crippen molar-refractivity contribution in [3.8, 4) is 0 Å². The molecule has 1 N–H and O–H groups in total. The molecule has 2 aromatic rings. The molecule has 0 saturated carbocycles. The molecule has 106 valence electrons. The zero-order valence-corrected chi connectivity index (χ0v) is 12.4. The summed E-state index contributed by atoms with van der Waals surface area (Å²) in [5.41, 5.74) is 3.46. The van der Waals surface area contributed by atoms with Crippen molar-refractivity contribution in [3.63, 3.8) is 0 Å². The van der Waals surface area contributed by atoms with E-state index in [2.05, 4.69) is 40.6 Å². The Hall–Kier alpha value is -1.91. The van der Waals surface area contributed by atoms with Crippen LogP contribution in [0.25, 0.3) is 0 Å². The van der Waals surface area contributed by atoms with E-state index in [1.54, 1.807) is 0 Å². The van der Waals surface area contributed by atoms with Gasteiger partial charge in [-0.05, 0) is 38.3 Å². The number of rotatable bonds is 3. The summed E-state index contributed by atoms with van der Waals surface area (Å²) in [5, 5.41) is 15.9. The molecule has 5 nitrogen and oxygen atoms in total. The second-order valence-electron chi connectivity index (χ2n) is 6.22. The minimum absolute atomic E-state index is 0.0259. The van der Waals surface area contributed by atoms with Gasteiger partial charge in [-0.3, -0.25) is 0 Å². The van der Waals surface area contributed by atoms with Gasteiger partial charge < -0.3 is 9.84 Å². The summed E-state index contributed by atoms with van der Waals surface area (Å²) in [4.78, 5) is 0. The fraction of sp³-hybridized carbons (Fsp3) is 0.533. The highest BCUT2D eigenvalue weighted by Crippen LogP contribution is 2.37. The van der Waals surface area contributed by atoms with Gasteiger partial charge in [-0.2, -0.15) is 5.10 Å². The molecule has 3 rings (SSSR count). The van der Waals surface area contributed by atoms with Gasteiger partial charge in [0, 0.05) is 11.5 Å². The van der Waals surface area contributed by atoms with Crippen LogP contribution in [-0.2, 0) is 11.8 Å². The minimum Gasteiger partial charge on any atom is -0.359 e. The Morgan fingerprint density at radius 2 is 2.10 bits per heavy atom. The molecule has 0 amide bonds. The SMILES string of the molecule is Cc1cc(C(C)Nc2cc3c(nn2)C(C)(C)CC3)on1. The Morgan fingerprint density at radius 3 is 2.80 bits per heavy atom. The Balaban J connectivity index is 1.79. The smallest absolute Gasteiger partial charge is 0.158 e. The summed E-state index contributed by atoms with van der Waals surface area (Å²) in [7, 11) is 0. The van der Waals surface area contributed by atoms with Crippen LogP contribution in [0.15, 0.2) is 16.7 Å². The molecule has 1 unspecified atom stereocenters. The number of aromatic nitrogens is 3. The van der Waals surface area contributed by atoms with Crippen molar-refractivity contribution in [2.45, 2.75) is 52.0 Å². The highest BCUT2D eigenvalue weighted by molar-refractivity contribution is 5.43. The Kier molecular flexibility index (Phi) is 3.00. The second-order valence-corrected chi connectivity index (χ2v) is 6.22. The first-order valence-electron chi connectivity index (χ1n) is 7.02. The van der Waals surface area contributed by atoms with Crippen LogP contribution >= 0.6 is 0 Å². The zero-order chi connectivity index (χ0) is 14.3. The van der Waals surface area contributed by atoms with E-state index in [4.69, 9.17) is 4.52 Å². The molecule has 5 heteroatoms. The van der Waals surface area contributed by atoms with Gasteiger partial charge in [-0.1, -0.05) is 19.0 Å². The molecular weight excluding hydrogens is 252 g/mol. The normalized spacial score (nSPS) is 17.8. The topological polar surface area (TPSA) is 63.8 Å². The summed E-state index contributed by atoms with van der Waals surface area (Å²) < 4.78 is 5.26. The molecule has 2 aromatic heterocycles. The summed E-state index contributed by atoms with van der Waals surface area (Å²) in [6.07, 6.45) is 2.21. The van der Waals surface area contributed by atoms with Crippen LogP contribution in [0, 0.1) is 6.92 Å². The molecule has 1 atom stereocenters. The summed E-state index contributed by atoms with van der Waals surface area (Å²) in [5.74, 6) is 1.60. The number of nitrogens with one attached hydrogen (secondary N) is 1. The van der Waals surface area contributed by atoms with Crippen LogP contribution in [0.4, 0.5) is 5.82 Å². The van der Waals surface area contributed by atoms with Gasteiger partial charge in [0.05, 0.1) is 17.4 Å². The van der Waals surface area contributed by atoms with Gasteiger partial charge >= 0.3 is 0 Å². The van der Waals surface area contributed by atoms with Crippen LogP contribution in [0.2, 0.25) is 0 Å². The number of aryl methyl sites for hydroxylation is 2. The molecule has 0 aliphatic heterocycles. The van der Waals surface area contributed by atoms with E-state index >= 15 is 0 Å². The lowest BCUT2D eigenvalue weighted by Gasteiger charge is -2.17. The summed E-state index contributed by atoms with van der Waals surface area (Å²) >= 11 is 0. The maximum atomic E-state index is 5.26. The number of fused-ring (bicyclic) bond motifs is 1. The maximum Gasteiger partial charge on any atom is 0.158 e. The number of hydrogen-bond acceptors (Lipinski definition) is 5. The van der Waals surface area contributed by atoms with Crippen LogP contribution in [0.5, 0.6) is 0 Å². The molecule has 2 heterocycles. The average Bonchev–Trinajstić information content (AvgIpc) is 2.94. The standard InChI is InChI=1S/C15H20N4O/c1-9-7-12(20-19-9)10(2)16-13-8-11-5-6-15(3,4)14(11)18-17-13/h7-8,10H,5-6H2,1-4H3,(H,16,17). The van der Waals surface area contributed by atoms with Crippen molar-refractivity contribution in [1.29, 1.82) is 0 Å². The lowest BCUT2D eigenvalue weighted by atomic mass is 9.91. The predicted octanol–water partition coefficient (Wildman–Crippen LogP) is 3.17. The van der Waals surface area contributed by atoms with Gasteiger partial charge in [-0.15, -0.1) is 5.10 Å². The van der Waals surface area contributed by atoms with E-state index in [-0.39, 0.29) is 11.5 Å². The van der Waals surface area contributed by atoms with Crippen molar-refractivity contribution in [3.05, 3.63) is 34.8 Å². The van der Waals surface area contributed by atoms with Crippen LogP contribution in [0.1, 0.15) is 55.9 Å². The molecule has 0 aromatic carbocycles. The highest BCUT2D eigenvalue weighted by Gasteiger charge is 2.32. The Labute approximate surface area is 118 Å². The molecule has 0 radical (unpaired) electrons. The predicted molar refractivity (Wildman–Crippen MR) is 76.7 cm³/mol. The molecule has 1 aliphatic rings. The summed E-state index contributed by atoms with van der Waals surface area (Å²) in [6, 6.07) is 4.07. The van der Waals surface area contributed by atoms with E-state index in [1.165, 1.54) is 5.56 Å². The fourth-order valence-corrected chi connectivity index (χ4v) is 2.71. The lowest BCUT2D eigenvalue weighted by molar-refractivity contribution is 0.369. The first-order chi connectivity index (χ1) is 9.45. The van der Waals surface area contributed by atoms with E-state index < -0.39 is 0 Å². The third kappa shape index (κ3) is 2.28. The van der Waals surface area contributed by atoms with Gasteiger partial charge in [0.2, 0.25) is 0 Å². The van der Waals surface area contributed by atoms with Crippen LogP contribution < -0.4 is 5.32 Å². The monoisotopic (exact) mass is 272 g/mol. The fourth-order valence-electron chi connectivity index (χ4n) is 2.71. The van der Waals surface area contributed by atoms with E-state index in [9.17, 15) is 0 Å². The van der Waals surface area contributed by atoms with E-state index in [0.29, 0.717) is 0 Å². The number of hydrogen-bond donors (Lipinski definition) is 1. The first-order valence-corrected chi connectivity index (χ1v) is 7.02. The molecule has 0 bridgehead atoms. The van der Waals surface area contributed by atoms with Crippen molar-refractivity contribution in [1.82, 2.24) is 15.4 Å². The minimum atomic E-state index is 0.0259. The largest absolute Gasteiger partial charge is 0.359 e. The highest BCUT2D eigenvalue weighted by atomic mass is 16.5. The van der Waals surface area contributed by atoms with Crippen molar-refractivity contribution in [2.24, 2.45) is 0 Å². The molecular formula is C15H20N4O. The maximum absolute atomic E-state index is 5.26. The quantitative estimate of drug-likeness (QED) is 0.929. The Bertz CT molecular complexity index is 633. The number of nitrogens with zero attached hydrogens (tertiary/aromatic N) is 3. The third-order valence-corrected chi connectivity index (χ3v) is 3.97. The van der Waals surface area contributed by atoms with E-state index in [0.717, 1.165) is 35.8 Å². The molecule has 0 spiro atoms. The van der Waals surface area contributed by atoms with E-state index in [1.807, 2.05) is 19.9 Å². The van der Waals surface area contributed by atoms with Gasteiger partial charge in [0.1, 0.15) is 5.82 Å². The zero-order valence-electron chi connectivity index (χ0n) is 12.4. The van der Waals surface area contributed by atoms with Gasteiger partial charge in [-0.25, -0.2) is 0 Å². The Morgan fingerprint density at radius 1 is 1.30 bits per heavy atom. The second kappa shape index (κ2) is 4.58. The van der Waals surface area contributed by atoms with Crippen LogP contribution in [0.3, 0.4) is 0 Å². The van der Waals surface area contributed by atoms with Crippen LogP contribution in [-0.4, -0.2) is 15.4 Å². The lowest BCUT2D eigenvalue weighted by Crippen LogP contribution is -2.15. The van der Waals surface area contributed by atoms with Crippen molar-refractivity contribution >= 4 is 5.82 Å². The first kappa shape index (κ1) is 13.1. The summed E-state index contributed by atoms with van der Waals surface area (Å²) in [6.45, 7) is 8.39. The molecule has 0 fully saturated rings. The average molecular weight is 272 g/mol. The number of anilines is 1. The molecule has 20 heavy (non-hydrogen) atoms. The van der Waals surface area contributed by atoms with Gasteiger partial charge in [0.25, 0.3) is 0 Å². The third-order valence-electron chi connectivity index (χ3n) is 3.97. The van der Waals surface area contributed by atoms with Crippen molar-refractivity contribution < 1.29 is 4.52 Å². The van der Waals surface area contributed by atoms with Gasteiger partial charge in [0.15, 0.2) is 5.76 Å². The molecule has 1 aliphatic carbocycles. The molecule has 0 saturated heterocycles.